The van der Waals surface area contributed by atoms with Gasteiger partial charge in [-0.2, -0.15) is 0 Å². The summed E-state index contributed by atoms with van der Waals surface area (Å²) in [6.07, 6.45) is 2.67. The van der Waals surface area contributed by atoms with E-state index in [1.54, 1.807) is 0 Å². The van der Waals surface area contributed by atoms with Crippen LogP contribution in [0.5, 0.6) is 0 Å². The van der Waals surface area contributed by atoms with Crippen LogP contribution in [0.2, 0.25) is 0 Å². The number of nitrogens with one attached hydrogen (secondary N) is 1. The third-order valence-corrected chi connectivity index (χ3v) is 4.49. The van der Waals surface area contributed by atoms with Gasteiger partial charge < -0.3 is 10.4 Å². The molecule has 0 radical (unpaired) electrons. The third-order valence-electron chi connectivity index (χ3n) is 4.49. The molecule has 1 heterocycles. The number of hydrogen-bond donors (Lipinski definition) is 2. The van der Waals surface area contributed by atoms with E-state index >= 15 is 0 Å². The third kappa shape index (κ3) is 3.67. The lowest BCUT2D eigenvalue weighted by molar-refractivity contribution is -0.144. The number of carbonyl (C=O) groups is 2. The second-order valence-corrected chi connectivity index (χ2v) is 6.11. The minimum atomic E-state index is -0.793. The summed E-state index contributed by atoms with van der Waals surface area (Å²) in [4.78, 5) is 27.9. The first-order chi connectivity index (χ1) is 11.1. The molecule has 0 aliphatic heterocycles. The van der Waals surface area contributed by atoms with Gasteiger partial charge in [0.2, 0.25) is 5.91 Å². The Morgan fingerprint density at radius 1 is 1.13 bits per heavy atom. The predicted molar refractivity (Wildman–Crippen MR) is 86.7 cm³/mol. The number of hydrogen-bond acceptors (Lipinski definition) is 3. The number of nitrogens with zero attached hydrogens (tertiary/aromatic N) is 1. The Hall–Kier alpha value is -2.43. The second kappa shape index (κ2) is 6.77. The first-order valence-corrected chi connectivity index (χ1v) is 7.98. The number of amides is 1. The Labute approximate surface area is 134 Å². The number of fused-ring (bicyclic) bond motifs is 1. The Morgan fingerprint density at radius 3 is 2.74 bits per heavy atom. The molecule has 2 aromatic rings. The molecule has 5 nitrogen and oxygen atoms in total. The molecule has 120 valence electrons. The molecular weight excluding hydrogens is 292 g/mol. The van der Waals surface area contributed by atoms with Crippen molar-refractivity contribution in [3.63, 3.8) is 0 Å². The van der Waals surface area contributed by atoms with Crippen molar-refractivity contribution in [1.82, 2.24) is 10.3 Å². The quantitative estimate of drug-likeness (QED) is 0.910. The van der Waals surface area contributed by atoms with E-state index in [9.17, 15) is 9.59 Å². The van der Waals surface area contributed by atoms with Crippen LogP contribution in [0, 0.1) is 11.8 Å². The predicted octanol–water partition coefficient (Wildman–Crippen LogP) is 2.74. The van der Waals surface area contributed by atoms with E-state index < -0.39 is 11.9 Å². The monoisotopic (exact) mass is 312 g/mol. The molecule has 5 heteroatoms. The van der Waals surface area contributed by atoms with Crippen molar-refractivity contribution >= 4 is 22.8 Å². The van der Waals surface area contributed by atoms with Crippen molar-refractivity contribution < 1.29 is 14.7 Å². The van der Waals surface area contributed by atoms with Gasteiger partial charge in [0.1, 0.15) is 0 Å². The average Bonchev–Trinajstić information content (AvgIpc) is 2.59. The van der Waals surface area contributed by atoms with Crippen LogP contribution >= 0.6 is 0 Å². The maximum Gasteiger partial charge on any atom is 0.306 e. The standard InChI is InChI=1S/C18H20N2O3/c21-17(13-5-3-6-14(10-13)18(22)23)19-11-15-9-8-12-4-1-2-7-16(12)20-15/h1-2,4,7-9,13-14H,3,5-6,10-11H2,(H,19,21)(H,22,23). The largest absolute Gasteiger partial charge is 0.481 e. The molecule has 2 N–H and O–H groups in total. The van der Waals surface area contributed by atoms with Crippen LogP contribution in [0.3, 0.4) is 0 Å². The maximum absolute atomic E-state index is 12.3. The molecule has 1 aliphatic carbocycles. The number of para-hydroxylation sites is 1. The summed E-state index contributed by atoms with van der Waals surface area (Å²) < 4.78 is 0. The number of benzene rings is 1. The Bertz CT molecular complexity index is 729. The van der Waals surface area contributed by atoms with Gasteiger partial charge in [-0.1, -0.05) is 30.7 Å². The van der Waals surface area contributed by atoms with Crippen LogP contribution in [0.15, 0.2) is 36.4 Å². The molecule has 3 rings (SSSR count). The van der Waals surface area contributed by atoms with Crippen molar-refractivity contribution in [1.29, 1.82) is 0 Å². The topological polar surface area (TPSA) is 79.3 Å². The van der Waals surface area contributed by atoms with Crippen molar-refractivity contribution in [3.05, 3.63) is 42.1 Å². The minimum Gasteiger partial charge on any atom is -0.481 e. The average molecular weight is 312 g/mol. The van der Waals surface area contributed by atoms with E-state index in [-0.39, 0.29) is 11.8 Å². The number of carbonyl (C=O) groups excluding carboxylic acids is 1. The van der Waals surface area contributed by atoms with Gasteiger partial charge in [0.25, 0.3) is 0 Å². The fourth-order valence-electron chi connectivity index (χ4n) is 3.18. The highest BCUT2D eigenvalue weighted by Crippen LogP contribution is 2.29. The highest BCUT2D eigenvalue weighted by molar-refractivity contribution is 5.80. The Morgan fingerprint density at radius 2 is 1.91 bits per heavy atom. The smallest absolute Gasteiger partial charge is 0.306 e. The van der Waals surface area contributed by atoms with E-state index in [2.05, 4.69) is 10.3 Å². The molecular formula is C18H20N2O3. The number of aliphatic carboxylic acids is 1. The number of pyridine rings is 1. The van der Waals surface area contributed by atoms with E-state index in [4.69, 9.17) is 5.11 Å². The lowest BCUT2D eigenvalue weighted by Crippen LogP contribution is -2.35. The van der Waals surface area contributed by atoms with Gasteiger partial charge in [-0.25, -0.2) is 0 Å². The zero-order valence-electron chi connectivity index (χ0n) is 12.9. The summed E-state index contributed by atoms with van der Waals surface area (Å²) in [5, 5.41) is 13.1. The molecule has 23 heavy (non-hydrogen) atoms. The summed E-state index contributed by atoms with van der Waals surface area (Å²) in [6.45, 7) is 0.373. The zero-order chi connectivity index (χ0) is 16.2. The van der Waals surface area contributed by atoms with Gasteiger partial charge in [-0.05, 0) is 31.4 Å². The molecule has 1 aromatic heterocycles. The van der Waals surface area contributed by atoms with Crippen LogP contribution in [-0.2, 0) is 16.1 Å². The second-order valence-electron chi connectivity index (χ2n) is 6.11. The first kappa shape index (κ1) is 15.5. The highest BCUT2D eigenvalue weighted by atomic mass is 16.4. The molecule has 0 bridgehead atoms. The molecule has 0 spiro atoms. The van der Waals surface area contributed by atoms with E-state index in [1.807, 2.05) is 36.4 Å². The van der Waals surface area contributed by atoms with Gasteiger partial charge >= 0.3 is 5.97 Å². The first-order valence-electron chi connectivity index (χ1n) is 7.98. The maximum atomic E-state index is 12.3. The Balaban J connectivity index is 1.60. The number of carboxylic acids is 1. The van der Waals surface area contributed by atoms with Crippen molar-refractivity contribution in [2.24, 2.45) is 11.8 Å². The molecule has 2 unspecified atom stereocenters. The van der Waals surface area contributed by atoms with Crippen LogP contribution in [-0.4, -0.2) is 22.0 Å². The van der Waals surface area contributed by atoms with Crippen molar-refractivity contribution in [2.45, 2.75) is 32.2 Å². The lowest BCUT2D eigenvalue weighted by Gasteiger charge is -2.25. The molecule has 1 fully saturated rings. The molecule has 1 aliphatic rings. The molecule has 0 saturated heterocycles. The molecule has 1 saturated carbocycles. The summed E-state index contributed by atoms with van der Waals surface area (Å²) in [7, 11) is 0. The zero-order valence-corrected chi connectivity index (χ0v) is 12.9. The van der Waals surface area contributed by atoms with Crippen LogP contribution < -0.4 is 5.32 Å². The van der Waals surface area contributed by atoms with Gasteiger partial charge in [-0.3, -0.25) is 14.6 Å². The number of carboxylic acid groups (broad SMARTS) is 1. The van der Waals surface area contributed by atoms with E-state index in [0.717, 1.165) is 29.4 Å². The van der Waals surface area contributed by atoms with Crippen molar-refractivity contribution in [3.8, 4) is 0 Å². The fraction of sp³-hybridized carbons (Fsp3) is 0.389. The number of aromatic nitrogens is 1. The van der Waals surface area contributed by atoms with E-state index in [0.29, 0.717) is 19.4 Å². The van der Waals surface area contributed by atoms with Crippen molar-refractivity contribution in [2.75, 3.05) is 0 Å². The highest BCUT2D eigenvalue weighted by Gasteiger charge is 2.30. The summed E-state index contributed by atoms with van der Waals surface area (Å²) in [5.74, 6) is -1.45. The minimum absolute atomic E-state index is 0.0640. The van der Waals surface area contributed by atoms with Gasteiger partial charge in [-0.15, -0.1) is 0 Å². The van der Waals surface area contributed by atoms with Crippen LogP contribution in [0.1, 0.15) is 31.4 Å². The van der Waals surface area contributed by atoms with Gasteiger partial charge in [0.15, 0.2) is 0 Å². The SMILES string of the molecule is O=C(O)C1CCCC(C(=O)NCc2ccc3ccccc3n2)C1. The van der Waals surface area contributed by atoms with E-state index in [1.165, 1.54) is 0 Å². The Kier molecular flexibility index (Phi) is 4.55. The molecule has 2 atom stereocenters. The van der Waals surface area contributed by atoms with Crippen LogP contribution in [0.25, 0.3) is 10.9 Å². The lowest BCUT2D eigenvalue weighted by atomic mass is 9.81. The van der Waals surface area contributed by atoms with Crippen LogP contribution in [0.4, 0.5) is 0 Å². The normalized spacial score (nSPS) is 21.0. The number of rotatable bonds is 4. The summed E-state index contributed by atoms with van der Waals surface area (Å²) >= 11 is 0. The van der Waals surface area contributed by atoms with Gasteiger partial charge in [0.05, 0.1) is 23.7 Å². The summed E-state index contributed by atoms with van der Waals surface area (Å²) in [5.41, 5.74) is 1.71. The fourth-order valence-corrected chi connectivity index (χ4v) is 3.18. The van der Waals surface area contributed by atoms with Gasteiger partial charge in [0, 0.05) is 11.3 Å². The molecule has 1 aromatic carbocycles. The molecule has 1 amide bonds. The summed E-state index contributed by atoms with van der Waals surface area (Å²) in [6, 6.07) is 11.7.